The standard InChI is InChI=1S/C12H13N7S/c20-12-16-15-11(10-4-1-2-5-13-10)19(12)8-3-7-18-9-6-14-17-18/h1-2,4-6,9H,3,7-8H2,(H,16,20). The van der Waals surface area contributed by atoms with Crippen LogP contribution in [0.5, 0.6) is 0 Å². The Morgan fingerprint density at radius 3 is 2.90 bits per heavy atom. The fourth-order valence-corrected chi connectivity index (χ4v) is 2.18. The molecule has 8 heteroatoms. The van der Waals surface area contributed by atoms with Crippen molar-refractivity contribution in [2.45, 2.75) is 19.5 Å². The average Bonchev–Trinajstić information content (AvgIpc) is 3.11. The van der Waals surface area contributed by atoms with Crippen LogP contribution in [0.2, 0.25) is 0 Å². The minimum atomic E-state index is 0.601. The minimum absolute atomic E-state index is 0.601. The molecule has 102 valence electrons. The van der Waals surface area contributed by atoms with Crippen LogP contribution in [0.3, 0.4) is 0 Å². The Labute approximate surface area is 120 Å². The smallest absolute Gasteiger partial charge is 0.195 e. The lowest BCUT2D eigenvalue weighted by Gasteiger charge is -2.06. The number of aryl methyl sites for hydroxylation is 1. The number of H-pyrrole nitrogens is 1. The van der Waals surface area contributed by atoms with E-state index in [1.807, 2.05) is 29.0 Å². The van der Waals surface area contributed by atoms with Gasteiger partial charge >= 0.3 is 0 Å². The SMILES string of the molecule is S=c1[nH]nc(-c2ccccn2)n1CCCn1ccnn1. The van der Waals surface area contributed by atoms with Gasteiger partial charge in [-0.05, 0) is 30.8 Å². The van der Waals surface area contributed by atoms with Crippen LogP contribution in [0.25, 0.3) is 11.5 Å². The number of pyridine rings is 1. The molecule has 0 radical (unpaired) electrons. The third-order valence-corrected chi connectivity index (χ3v) is 3.20. The molecule has 3 rings (SSSR count). The fraction of sp³-hybridized carbons (Fsp3) is 0.250. The Morgan fingerprint density at radius 1 is 1.20 bits per heavy atom. The van der Waals surface area contributed by atoms with E-state index in [4.69, 9.17) is 12.2 Å². The van der Waals surface area contributed by atoms with Gasteiger partial charge in [0.2, 0.25) is 0 Å². The molecule has 7 nitrogen and oxygen atoms in total. The summed E-state index contributed by atoms with van der Waals surface area (Å²) >= 11 is 5.27. The van der Waals surface area contributed by atoms with E-state index in [1.165, 1.54) is 0 Å². The number of nitrogens with zero attached hydrogens (tertiary/aromatic N) is 6. The van der Waals surface area contributed by atoms with Crippen molar-refractivity contribution in [3.8, 4) is 11.5 Å². The van der Waals surface area contributed by atoms with Crippen molar-refractivity contribution < 1.29 is 0 Å². The highest BCUT2D eigenvalue weighted by atomic mass is 32.1. The molecule has 0 saturated heterocycles. The zero-order valence-electron chi connectivity index (χ0n) is 10.7. The Morgan fingerprint density at radius 2 is 2.15 bits per heavy atom. The predicted octanol–water partition coefficient (Wildman–Crippen LogP) is 1.68. The Kier molecular flexibility index (Phi) is 3.64. The molecule has 0 amide bonds. The van der Waals surface area contributed by atoms with E-state index in [1.54, 1.807) is 17.1 Å². The molecular formula is C12H13N7S. The average molecular weight is 287 g/mol. The first-order chi connectivity index (χ1) is 9.84. The minimum Gasteiger partial charge on any atom is -0.299 e. The number of nitrogens with one attached hydrogen (secondary N) is 1. The number of hydrogen-bond donors (Lipinski definition) is 1. The van der Waals surface area contributed by atoms with E-state index in [0.717, 1.165) is 31.0 Å². The lowest BCUT2D eigenvalue weighted by Crippen LogP contribution is -2.06. The van der Waals surface area contributed by atoms with Crippen LogP contribution in [-0.2, 0) is 13.1 Å². The summed E-state index contributed by atoms with van der Waals surface area (Å²) in [7, 11) is 0. The maximum Gasteiger partial charge on any atom is 0.195 e. The molecule has 0 aliphatic heterocycles. The van der Waals surface area contributed by atoms with E-state index >= 15 is 0 Å². The van der Waals surface area contributed by atoms with Gasteiger partial charge in [-0.2, -0.15) is 5.10 Å². The molecule has 3 heterocycles. The van der Waals surface area contributed by atoms with Gasteiger partial charge in [-0.15, -0.1) is 5.10 Å². The normalized spacial score (nSPS) is 10.8. The Balaban J connectivity index is 1.76. The summed E-state index contributed by atoms with van der Waals surface area (Å²) in [4.78, 5) is 4.30. The van der Waals surface area contributed by atoms with Crippen LogP contribution in [0.1, 0.15) is 6.42 Å². The second-order valence-corrected chi connectivity index (χ2v) is 4.63. The quantitative estimate of drug-likeness (QED) is 0.722. The monoisotopic (exact) mass is 287 g/mol. The van der Waals surface area contributed by atoms with E-state index < -0.39 is 0 Å². The number of aromatic nitrogens is 7. The third-order valence-electron chi connectivity index (χ3n) is 2.89. The Bertz CT molecular complexity index is 714. The highest BCUT2D eigenvalue weighted by Gasteiger charge is 2.09. The summed E-state index contributed by atoms with van der Waals surface area (Å²) in [5.74, 6) is 0.759. The van der Waals surface area contributed by atoms with Crippen molar-refractivity contribution in [1.82, 2.24) is 34.7 Å². The van der Waals surface area contributed by atoms with Gasteiger partial charge < -0.3 is 0 Å². The second kappa shape index (κ2) is 5.74. The molecule has 0 fully saturated rings. The molecule has 0 saturated carbocycles. The largest absolute Gasteiger partial charge is 0.299 e. The first-order valence-electron chi connectivity index (χ1n) is 6.25. The van der Waals surface area contributed by atoms with E-state index in [0.29, 0.717) is 4.77 Å². The van der Waals surface area contributed by atoms with Crippen molar-refractivity contribution in [3.63, 3.8) is 0 Å². The number of aromatic amines is 1. The zero-order valence-corrected chi connectivity index (χ0v) is 11.5. The van der Waals surface area contributed by atoms with Gasteiger partial charge in [0.05, 0.1) is 6.20 Å². The third kappa shape index (κ3) is 2.64. The number of hydrogen-bond acceptors (Lipinski definition) is 5. The summed E-state index contributed by atoms with van der Waals surface area (Å²) in [6.45, 7) is 1.54. The zero-order chi connectivity index (χ0) is 13.8. The summed E-state index contributed by atoms with van der Waals surface area (Å²) in [6, 6.07) is 5.72. The molecular weight excluding hydrogens is 274 g/mol. The van der Waals surface area contributed by atoms with E-state index in [9.17, 15) is 0 Å². The predicted molar refractivity (Wildman–Crippen MR) is 75.3 cm³/mol. The molecule has 0 spiro atoms. The van der Waals surface area contributed by atoms with Gasteiger partial charge in [0, 0.05) is 25.5 Å². The molecule has 3 aromatic rings. The van der Waals surface area contributed by atoms with Crippen LogP contribution in [-0.4, -0.2) is 34.7 Å². The molecule has 0 aliphatic rings. The Hall–Kier alpha value is -2.35. The first kappa shape index (κ1) is 12.7. The van der Waals surface area contributed by atoms with Crippen molar-refractivity contribution >= 4 is 12.2 Å². The number of rotatable bonds is 5. The highest BCUT2D eigenvalue weighted by Crippen LogP contribution is 2.14. The maximum absolute atomic E-state index is 5.27. The summed E-state index contributed by atoms with van der Waals surface area (Å²) in [5, 5.41) is 14.8. The fourth-order valence-electron chi connectivity index (χ4n) is 1.96. The molecule has 3 aromatic heterocycles. The van der Waals surface area contributed by atoms with Crippen LogP contribution < -0.4 is 0 Å². The molecule has 0 aromatic carbocycles. The first-order valence-corrected chi connectivity index (χ1v) is 6.66. The van der Waals surface area contributed by atoms with Gasteiger partial charge in [-0.3, -0.25) is 19.3 Å². The summed E-state index contributed by atoms with van der Waals surface area (Å²) in [5.41, 5.74) is 0.806. The van der Waals surface area contributed by atoms with Crippen molar-refractivity contribution in [1.29, 1.82) is 0 Å². The van der Waals surface area contributed by atoms with Crippen molar-refractivity contribution in [2.75, 3.05) is 0 Å². The second-order valence-electron chi connectivity index (χ2n) is 4.24. The van der Waals surface area contributed by atoms with Crippen molar-refractivity contribution in [3.05, 3.63) is 41.6 Å². The maximum atomic E-state index is 5.27. The lowest BCUT2D eigenvalue weighted by molar-refractivity contribution is 0.513. The topological polar surface area (TPSA) is 77.2 Å². The summed E-state index contributed by atoms with van der Waals surface area (Å²) in [6.07, 6.45) is 6.14. The van der Waals surface area contributed by atoms with Gasteiger partial charge in [-0.25, -0.2) is 0 Å². The molecule has 0 unspecified atom stereocenters. The van der Waals surface area contributed by atoms with Gasteiger partial charge in [-0.1, -0.05) is 11.3 Å². The summed E-state index contributed by atoms with van der Waals surface area (Å²) < 4.78 is 4.35. The van der Waals surface area contributed by atoms with Gasteiger partial charge in [0.15, 0.2) is 10.6 Å². The lowest BCUT2D eigenvalue weighted by atomic mass is 10.3. The van der Waals surface area contributed by atoms with E-state index in [-0.39, 0.29) is 0 Å². The molecule has 0 aliphatic carbocycles. The van der Waals surface area contributed by atoms with Crippen molar-refractivity contribution in [2.24, 2.45) is 0 Å². The molecule has 1 N–H and O–H groups in total. The van der Waals surface area contributed by atoms with Crippen LogP contribution in [0, 0.1) is 4.77 Å². The van der Waals surface area contributed by atoms with Crippen LogP contribution >= 0.6 is 12.2 Å². The van der Waals surface area contributed by atoms with Crippen LogP contribution in [0.4, 0.5) is 0 Å². The van der Waals surface area contributed by atoms with E-state index in [2.05, 4.69) is 25.5 Å². The molecule has 20 heavy (non-hydrogen) atoms. The highest BCUT2D eigenvalue weighted by molar-refractivity contribution is 7.71. The molecule has 0 atom stereocenters. The van der Waals surface area contributed by atoms with Gasteiger partial charge in [0.25, 0.3) is 0 Å². The van der Waals surface area contributed by atoms with Gasteiger partial charge in [0.1, 0.15) is 5.69 Å². The van der Waals surface area contributed by atoms with Crippen LogP contribution in [0.15, 0.2) is 36.8 Å². The molecule has 0 bridgehead atoms.